The normalized spacial score (nSPS) is 11.8. The van der Waals surface area contributed by atoms with E-state index >= 15 is 0 Å². The second-order valence-electron chi connectivity index (χ2n) is 9.38. The first kappa shape index (κ1) is 33.0. The number of amides is 1. The molecule has 0 saturated carbocycles. The molecule has 2 N–H and O–H groups in total. The van der Waals surface area contributed by atoms with Gasteiger partial charge in [0.2, 0.25) is 0 Å². The minimum absolute atomic E-state index is 0.170. The molecule has 3 rings (SSSR count). The Kier molecular flexibility index (Phi) is 12.0. The van der Waals surface area contributed by atoms with E-state index in [1.54, 1.807) is 11.6 Å². The Balaban J connectivity index is 0.000000708. The van der Waals surface area contributed by atoms with Gasteiger partial charge in [-0.15, -0.1) is 11.3 Å². The Labute approximate surface area is 234 Å². The molecule has 2 heterocycles. The highest BCUT2D eigenvalue weighted by Crippen LogP contribution is 2.39. The molecule has 2 aromatic heterocycles. The molecule has 0 unspecified atom stereocenters. The Hall–Kier alpha value is -3.16. The van der Waals surface area contributed by atoms with Crippen LogP contribution in [0.3, 0.4) is 0 Å². The number of aromatic nitrogens is 1. The van der Waals surface area contributed by atoms with E-state index in [-0.39, 0.29) is 18.1 Å². The quantitative estimate of drug-likeness (QED) is 0.314. The molecule has 0 radical (unpaired) electrons. The van der Waals surface area contributed by atoms with Gasteiger partial charge in [0, 0.05) is 44.2 Å². The van der Waals surface area contributed by atoms with Gasteiger partial charge in [-0.05, 0) is 40.7 Å². The van der Waals surface area contributed by atoms with Crippen molar-refractivity contribution in [2.45, 2.75) is 52.9 Å². The fraction of sp³-hybridized carbons (Fsp3) is 0.519. The van der Waals surface area contributed by atoms with Crippen LogP contribution in [0.4, 0.5) is 13.2 Å². The van der Waals surface area contributed by atoms with Gasteiger partial charge in [0.25, 0.3) is 11.5 Å². The van der Waals surface area contributed by atoms with Crippen molar-refractivity contribution in [1.29, 1.82) is 0 Å². The number of halogens is 3. The van der Waals surface area contributed by atoms with Crippen molar-refractivity contribution in [2.75, 3.05) is 32.9 Å². The van der Waals surface area contributed by atoms with E-state index in [1.807, 2.05) is 31.2 Å². The van der Waals surface area contributed by atoms with E-state index in [2.05, 4.69) is 37.9 Å². The molecule has 222 valence electrons. The summed E-state index contributed by atoms with van der Waals surface area (Å²) in [6, 6.07) is 8.51. The minimum Gasteiger partial charge on any atom is -0.489 e. The highest BCUT2D eigenvalue weighted by molar-refractivity contribution is 7.22. The number of thiophene rings is 1. The number of benzene rings is 1. The van der Waals surface area contributed by atoms with E-state index in [0.717, 1.165) is 22.1 Å². The average molecular weight is 588 g/mol. The van der Waals surface area contributed by atoms with Gasteiger partial charge in [-0.25, -0.2) is 4.79 Å². The van der Waals surface area contributed by atoms with Gasteiger partial charge in [0.1, 0.15) is 16.9 Å². The SMILES string of the molecule is CCOCCOc1c(C(=O)NCCN(C(C)C)C(C)C)sc2c1c(=O)n(C)c1ccccc21.O=C(O)C(F)(F)F. The largest absolute Gasteiger partial charge is 0.490 e. The van der Waals surface area contributed by atoms with Gasteiger partial charge in [-0.1, -0.05) is 18.2 Å². The van der Waals surface area contributed by atoms with E-state index in [4.69, 9.17) is 19.4 Å². The van der Waals surface area contributed by atoms with Crippen molar-refractivity contribution in [3.8, 4) is 5.75 Å². The second-order valence-corrected chi connectivity index (χ2v) is 10.4. The Bertz CT molecular complexity index is 1360. The summed E-state index contributed by atoms with van der Waals surface area (Å²) in [6.45, 7) is 13.0. The average Bonchev–Trinajstić information content (AvgIpc) is 3.26. The fourth-order valence-corrected chi connectivity index (χ4v) is 5.35. The van der Waals surface area contributed by atoms with Crippen LogP contribution in [-0.4, -0.2) is 77.6 Å². The van der Waals surface area contributed by atoms with Crippen LogP contribution in [0.2, 0.25) is 0 Å². The number of carboxylic acids is 1. The van der Waals surface area contributed by atoms with Gasteiger partial charge in [-0.3, -0.25) is 14.5 Å². The number of aliphatic carboxylic acids is 1. The maximum Gasteiger partial charge on any atom is 0.490 e. The number of ether oxygens (including phenoxy) is 2. The van der Waals surface area contributed by atoms with Gasteiger partial charge in [0.15, 0.2) is 5.75 Å². The lowest BCUT2D eigenvalue weighted by Crippen LogP contribution is -2.42. The molecular weight excluding hydrogens is 551 g/mol. The molecule has 1 amide bonds. The van der Waals surface area contributed by atoms with Crippen molar-refractivity contribution in [3.63, 3.8) is 0 Å². The summed E-state index contributed by atoms with van der Waals surface area (Å²) in [5.41, 5.74) is 0.657. The number of hydrogen-bond acceptors (Lipinski definition) is 7. The third-order valence-corrected chi connectivity index (χ3v) is 7.21. The standard InChI is InChI=1S/C25H35N3O4S.C2HF3O2/c1-7-31-14-15-32-21-20-22(18-10-8-9-11-19(18)27(6)25(20)30)33-23(21)24(29)26-12-13-28(16(2)3)17(4)5;3-2(4,5)1(6)7/h8-11,16-17H,7,12-15H2,1-6H3,(H,26,29);(H,6,7). The molecule has 0 bridgehead atoms. The Morgan fingerprint density at radius 1 is 1.12 bits per heavy atom. The van der Waals surface area contributed by atoms with E-state index in [0.29, 0.717) is 47.9 Å². The first-order valence-electron chi connectivity index (χ1n) is 12.8. The number of fused-ring (bicyclic) bond motifs is 3. The molecule has 0 fully saturated rings. The summed E-state index contributed by atoms with van der Waals surface area (Å²) < 4.78 is 45.5. The number of carbonyl (C=O) groups excluding carboxylic acids is 1. The predicted molar refractivity (Wildman–Crippen MR) is 150 cm³/mol. The minimum atomic E-state index is -5.08. The molecule has 1 aromatic carbocycles. The van der Waals surface area contributed by atoms with Crippen LogP contribution < -0.4 is 15.6 Å². The number of pyridine rings is 1. The van der Waals surface area contributed by atoms with Crippen LogP contribution in [0.25, 0.3) is 21.0 Å². The number of nitrogens with zero attached hydrogens (tertiary/aromatic N) is 2. The zero-order valence-electron chi connectivity index (χ0n) is 23.4. The topological polar surface area (TPSA) is 110 Å². The molecule has 0 atom stereocenters. The maximum atomic E-state index is 13.3. The third kappa shape index (κ3) is 8.18. The molecule has 40 heavy (non-hydrogen) atoms. The zero-order chi connectivity index (χ0) is 30.2. The predicted octanol–water partition coefficient (Wildman–Crippen LogP) is 4.65. The highest BCUT2D eigenvalue weighted by atomic mass is 32.1. The van der Waals surface area contributed by atoms with Crippen LogP contribution >= 0.6 is 11.3 Å². The molecule has 13 heteroatoms. The van der Waals surface area contributed by atoms with Crippen molar-refractivity contribution in [3.05, 3.63) is 39.5 Å². The van der Waals surface area contributed by atoms with Crippen molar-refractivity contribution in [1.82, 2.24) is 14.8 Å². The smallest absolute Gasteiger partial charge is 0.489 e. The maximum absolute atomic E-state index is 13.3. The monoisotopic (exact) mass is 587 g/mol. The zero-order valence-corrected chi connectivity index (χ0v) is 24.2. The van der Waals surface area contributed by atoms with Gasteiger partial charge < -0.3 is 24.5 Å². The Morgan fingerprint density at radius 3 is 2.27 bits per heavy atom. The highest BCUT2D eigenvalue weighted by Gasteiger charge is 2.38. The number of nitrogens with one attached hydrogen (secondary N) is 1. The van der Waals surface area contributed by atoms with Gasteiger partial charge in [0.05, 0.1) is 16.8 Å². The summed E-state index contributed by atoms with van der Waals surface area (Å²) in [5, 5.41) is 11.5. The number of hydrogen-bond donors (Lipinski definition) is 2. The fourth-order valence-electron chi connectivity index (χ4n) is 4.16. The second kappa shape index (κ2) is 14.5. The molecule has 0 spiro atoms. The van der Waals surface area contributed by atoms with Crippen LogP contribution in [-0.2, 0) is 16.6 Å². The molecule has 0 aliphatic carbocycles. The van der Waals surface area contributed by atoms with E-state index in [1.165, 1.54) is 11.3 Å². The van der Waals surface area contributed by atoms with Crippen LogP contribution in [0.5, 0.6) is 5.75 Å². The molecule has 9 nitrogen and oxygen atoms in total. The number of aryl methyl sites for hydroxylation is 1. The summed E-state index contributed by atoms with van der Waals surface area (Å²) in [7, 11) is 1.75. The lowest BCUT2D eigenvalue weighted by Gasteiger charge is -2.30. The molecule has 3 aromatic rings. The molecule has 0 aliphatic heterocycles. The van der Waals surface area contributed by atoms with Crippen molar-refractivity contribution >= 4 is 44.2 Å². The Morgan fingerprint density at radius 2 is 1.73 bits per heavy atom. The van der Waals surface area contributed by atoms with E-state index in [9.17, 15) is 22.8 Å². The number of carboxylic acid groups (broad SMARTS) is 1. The third-order valence-electron chi connectivity index (χ3n) is 6.00. The molecule has 0 saturated heterocycles. The van der Waals surface area contributed by atoms with Crippen molar-refractivity contribution in [2.24, 2.45) is 7.05 Å². The van der Waals surface area contributed by atoms with Crippen LogP contribution in [0.1, 0.15) is 44.3 Å². The number of carbonyl (C=O) groups is 2. The van der Waals surface area contributed by atoms with E-state index < -0.39 is 12.1 Å². The molecular formula is C27H36F3N3O6S. The van der Waals surface area contributed by atoms with Crippen LogP contribution in [0.15, 0.2) is 29.1 Å². The van der Waals surface area contributed by atoms with Crippen LogP contribution in [0, 0.1) is 0 Å². The summed E-state index contributed by atoms with van der Waals surface area (Å²) in [5.74, 6) is -2.63. The van der Waals surface area contributed by atoms with Gasteiger partial charge >= 0.3 is 12.1 Å². The summed E-state index contributed by atoms with van der Waals surface area (Å²) >= 11 is 1.31. The number of rotatable bonds is 11. The molecule has 0 aliphatic rings. The lowest BCUT2D eigenvalue weighted by atomic mass is 10.1. The van der Waals surface area contributed by atoms with Gasteiger partial charge in [-0.2, -0.15) is 13.2 Å². The number of alkyl halides is 3. The lowest BCUT2D eigenvalue weighted by molar-refractivity contribution is -0.192. The first-order chi connectivity index (χ1) is 18.7. The van der Waals surface area contributed by atoms with Crippen molar-refractivity contribution < 1.29 is 37.3 Å². The number of para-hydroxylation sites is 1. The summed E-state index contributed by atoms with van der Waals surface area (Å²) in [6.07, 6.45) is -5.08. The first-order valence-corrected chi connectivity index (χ1v) is 13.6. The summed E-state index contributed by atoms with van der Waals surface area (Å²) in [4.78, 5) is 38.1.